The number of nitrogens with two attached hydrogens (primary N) is 1. The van der Waals surface area contributed by atoms with Crippen molar-refractivity contribution >= 4 is 51.1 Å². The van der Waals surface area contributed by atoms with Crippen LogP contribution in [0.1, 0.15) is 32.0 Å². The van der Waals surface area contributed by atoms with E-state index < -0.39 is 11.8 Å². The second-order valence-corrected chi connectivity index (χ2v) is 6.91. The number of aromatic nitrogens is 3. The second-order valence-electron chi connectivity index (χ2n) is 5.70. The summed E-state index contributed by atoms with van der Waals surface area (Å²) < 4.78 is 1.64. The van der Waals surface area contributed by atoms with Gasteiger partial charge < -0.3 is 11.1 Å². The Balaban J connectivity index is 2.10. The number of carbonyl (C=O) groups is 2. The number of carbonyl (C=O) groups excluding carboxylic acids is 2. The maximum absolute atomic E-state index is 13.0. The van der Waals surface area contributed by atoms with E-state index in [1.54, 1.807) is 12.1 Å². The van der Waals surface area contributed by atoms with Gasteiger partial charge in [-0.15, -0.1) is 0 Å². The van der Waals surface area contributed by atoms with Gasteiger partial charge in [0.2, 0.25) is 0 Å². The number of benzene rings is 1. The smallest absolute Gasteiger partial charge is 0.274 e. The molecular weight excluding hydrogens is 460 g/mol. The van der Waals surface area contributed by atoms with Crippen molar-refractivity contribution in [3.63, 3.8) is 0 Å². The molecule has 0 aliphatic carbocycles. The number of pyridine rings is 1. The Labute approximate surface area is 178 Å². The number of primary amides is 1. The van der Waals surface area contributed by atoms with Gasteiger partial charge in [-0.3, -0.25) is 9.59 Å². The van der Waals surface area contributed by atoms with Crippen molar-refractivity contribution in [3.05, 3.63) is 75.1 Å². The van der Waals surface area contributed by atoms with E-state index in [2.05, 4.69) is 37.9 Å². The topological polar surface area (TPSA) is 127 Å². The highest BCUT2D eigenvalue weighted by Crippen LogP contribution is 2.27. The Morgan fingerprint density at radius 3 is 2.76 bits per heavy atom. The highest BCUT2D eigenvalue weighted by molar-refractivity contribution is 9.10. The molecule has 0 aliphatic heterocycles. The van der Waals surface area contributed by atoms with Crippen LogP contribution < -0.4 is 11.1 Å². The Kier molecular flexibility index (Phi) is 5.77. The molecular formula is C19H12BrClN6O2. The highest BCUT2D eigenvalue weighted by atomic mass is 79.9. The summed E-state index contributed by atoms with van der Waals surface area (Å²) in [6.45, 7) is 3.66. The van der Waals surface area contributed by atoms with E-state index in [4.69, 9.17) is 22.6 Å². The minimum Gasteiger partial charge on any atom is -0.366 e. The summed E-state index contributed by atoms with van der Waals surface area (Å²) in [5, 5.41) is 16.3. The number of anilines is 1. The van der Waals surface area contributed by atoms with Crippen LogP contribution in [0.4, 0.5) is 5.69 Å². The van der Waals surface area contributed by atoms with E-state index in [0.717, 1.165) is 0 Å². The Hall–Kier alpha value is -3.48. The van der Waals surface area contributed by atoms with Crippen molar-refractivity contribution < 1.29 is 9.59 Å². The average Bonchev–Trinajstić information content (AvgIpc) is 3.09. The van der Waals surface area contributed by atoms with Gasteiger partial charge in [0.05, 0.1) is 27.9 Å². The first-order chi connectivity index (χ1) is 13.8. The molecule has 2 heterocycles. The fourth-order valence-electron chi connectivity index (χ4n) is 2.61. The Bertz CT molecular complexity index is 1200. The predicted octanol–water partition coefficient (Wildman–Crippen LogP) is 3.55. The molecule has 0 saturated heterocycles. The lowest BCUT2D eigenvalue weighted by atomic mass is 10.0. The summed E-state index contributed by atoms with van der Waals surface area (Å²) in [7, 11) is 0. The number of halogens is 2. The summed E-state index contributed by atoms with van der Waals surface area (Å²) in [6.07, 6.45) is 2.92. The number of amides is 2. The van der Waals surface area contributed by atoms with Crippen LogP contribution in [-0.4, -0.2) is 26.6 Å². The van der Waals surface area contributed by atoms with Gasteiger partial charge in [-0.25, -0.2) is 9.67 Å². The molecule has 0 atom stereocenters. The average molecular weight is 472 g/mol. The third kappa shape index (κ3) is 4.03. The maximum atomic E-state index is 13.0. The van der Waals surface area contributed by atoms with Crippen molar-refractivity contribution in [3.8, 4) is 11.9 Å². The Morgan fingerprint density at radius 1 is 1.38 bits per heavy atom. The summed E-state index contributed by atoms with van der Waals surface area (Å²) in [6, 6.07) is 9.46. The summed E-state index contributed by atoms with van der Waals surface area (Å²) in [4.78, 5) is 29.1. The number of rotatable bonds is 5. The zero-order valence-corrected chi connectivity index (χ0v) is 17.0. The first-order valence-corrected chi connectivity index (χ1v) is 9.21. The molecule has 0 saturated carbocycles. The van der Waals surface area contributed by atoms with E-state index in [-0.39, 0.29) is 28.3 Å². The molecule has 0 radical (unpaired) electrons. The van der Waals surface area contributed by atoms with Crippen LogP contribution in [-0.2, 0) is 0 Å². The monoisotopic (exact) mass is 470 g/mol. The molecule has 2 amide bonds. The predicted molar refractivity (Wildman–Crippen MR) is 112 cm³/mol. The van der Waals surface area contributed by atoms with Crippen LogP contribution in [0.3, 0.4) is 0 Å². The number of nitriles is 1. The zero-order valence-electron chi connectivity index (χ0n) is 14.7. The van der Waals surface area contributed by atoms with E-state index in [9.17, 15) is 9.59 Å². The molecule has 10 heteroatoms. The molecule has 144 valence electrons. The van der Waals surface area contributed by atoms with E-state index >= 15 is 0 Å². The molecule has 0 spiro atoms. The lowest BCUT2D eigenvalue weighted by Gasteiger charge is -2.14. The zero-order chi connectivity index (χ0) is 21.1. The standard InChI is InChI=1S/C19H12BrClN6O2/c1-2-11-6-10(9-22)7-12(17(23)28)16(11)25-19(29)14-8-15(20)26-27(14)18-13(21)4-3-5-24-18/h2-8H,1H2,(H2,23,28)(H,25,29). The van der Waals surface area contributed by atoms with Crippen LogP contribution >= 0.6 is 27.5 Å². The van der Waals surface area contributed by atoms with Gasteiger partial charge in [0.15, 0.2) is 5.82 Å². The van der Waals surface area contributed by atoms with Crippen molar-refractivity contribution in [2.75, 3.05) is 5.32 Å². The van der Waals surface area contributed by atoms with Gasteiger partial charge in [-0.2, -0.15) is 10.4 Å². The summed E-state index contributed by atoms with van der Waals surface area (Å²) in [5.41, 5.74) is 6.23. The number of hydrogen-bond acceptors (Lipinski definition) is 5. The lowest BCUT2D eigenvalue weighted by molar-refractivity contribution is 0.100. The molecule has 0 fully saturated rings. The minimum atomic E-state index is -0.803. The largest absolute Gasteiger partial charge is 0.366 e. The van der Waals surface area contributed by atoms with Gasteiger partial charge >= 0.3 is 0 Å². The van der Waals surface area contributed by atoms with Crippen LogP contribution in [0, 0.1) is 11.3 Å². The van der Waals surface area contributed by atoms with Crippen LogP contribution in [0.5, 0.6) is 0 Å². The number of nitrogens with one attached hydrogen (secondary N) is 1. The van der Waals surface area contributed by atoms with Crippen LogP contribution in [0.15, 0.2) is 47.7 Å². The molecule has 0 unspecified atom stereocenters. The molecule has 1 aromatic carbocycles. The quantitative estimate of drug-likeness (QED) is 0.588. The molecule has 29 heavy (non-hydrogen) atoms. The molecule has 0 bridgehead atoms. The maximum Gasteiger partial charge on any atom is 0.274 e. The highest BCUT2D eigenvalue weighted by Gasteiger charge is 2.22. The lowest BCUT2D eigenvalue weighted by Crippen LogP contribution is -2.22. The third-order valence-corrected chi connectivity index (χ3v) is 4.56. The third-order valence-electron chi connectivity index (χ3n) is 3.87. The van der Waals surface area contributed by atoms with Crippen molar-refractivity contribution in [2.45, 2.75) is 0 Å². The molecule has 3 aromatic rings. The summed E-state index contributed by atoms with van der Waals surface area (Å²) in [5.74, 6) is -1.15. The number of hydrogen-bond donors (Lipinski definition) is 2. The van der Waals surface area contributed by atoms with Gasteiger partial charge in [-0.1, -0.05) is 24.3 Å². The fraction of sp³-hybridized carbons (Fsp3) is 0. The summed E-state index contributed by atoms with van der Waals surface area (Å²) >= 11 is 9.41. The molecule has 8 nitrogen and oxygen atoms in total. The van der Waals surface area contributed by atoms with E-state index in [1.807, 2.05) is 6.07 Å². The van der Waals surface area contributed by atoms with Gasteiger partial charge in [-0.05, 0) is 45.8 Å². The molecule has 0 aliphatic rings. The first kappa shape index (κ1) is 20.3. The van der Waals surface area contributed by atoms with Gasteiger partial charge in [0, 0.05) is 12.3 Å². The second kappa shape index (κ2) is 8.26. The fourth-order valence-corrected chi connectivity index (χ4v) is 3.19. The van der Waals surface area contributed by atoms with Gasteiger partial charge in [0.1, 0.15) is 10.3 Å². The Morgan fingerprint density at radius 2 is 2.14 bits per heavy atom. The van der Waals surface area contributed by atoms with E-state index in [1.165, 1.54) is 35.2 Å². The SMILES string of the molecule is C=Cc1cc(C#N)cc(C(N)=O)c1NC(=O)c1cc(Br)nn1-c1ncccc1Cl. The van der Waals surface area contributed by atoms with Crippen molar-refractivity contribution in [1.29, 1.82) is 5.26 Å². The normalized spacial score (nSPS) is 10.2. The van der Waals surface area contributed by atoms with Crippen molar-refractivity contribution in [1.82, 2.24) is 14.8 Å². The molecule has 3 rings (SSSR count). The van der Waals surface area contributed by atoms with Crippen LogP contribution in [0.2, 0.25) is 5.02 Å². The van der Waals surface area contributed by atoms with E-state index in [0.29, 0.717) is 15.2 Å². The van der Waals surface area contributed by atoms with Gasteiger partial charge in [0.25, 0.3) is 11.8 Å². The van der Waals surface area contributed by atoms with Crippen molar-refractivity contribution in [2.24, 2.45) is 5.73 Å². The minimum absolute atomic E-state index is 0.0201. The molecule has 3 N–H and O–H groups in total. The molecule has 2 aromatic heterocycles. The number of nitrogens with zero attached hydrogens (tertiary/aromatic N) is 4. The van der Waals surface area contributed by atoms with Crippen LogP contribution in [0.25, 0.3) is 11.9 Å². The first-order valence-electron chi connectivity index (χ1n) is 8.04.